The number of hydrogen-bond acceptors (Lipinski definition) is 2. The van der Waals surface area contributed by atoms with Gasteiger partial charge >= 0.3 is 12.0 Å². The minimum absolute atomic E-state index is 0.113. The second-order valence-electron chi connectivity index (χ2n) is 4.92. The molecule has 1 rings (SSSR count). The van der Waals surface area contributed by atoms with Gasteiger partial charge in [0.1, 0.15) is 0 Å². The molecule has 2 N–H and O–H groups in total. The maximum absolute atomic E-state index is 11.8. The number of carboxylic acids is 1. The van der Waals surface area contributed by atoms with Gasteiger partial charge < -0.3 is 15.3 Å². The van der Waals surface area contributed by atoms with E-state index < -0.39 is 11.9 Å². The van der Waals surface area contributed by atoms with Crippen molar-refractivity contribution < 1.29 is 14.7 Å². The molecule has 0 aromatic rings. The molecular weight excluding hydrogens is 232 g/mol. The summed E-state index contributed by atoms with van der Waals surface area (Å²) in [5.41, 5.74) is 0. The smallest absolute Gasteiger partial charge is 0.317 e. The van der Waals surface area contributed by atoms with Crippen LogP contribution in [0.3, 0.4) is 0 Å². The molecule has 0 aromatic heterocycles. The first-order valence-corrected chi connectivity index (χ1v) is 6.90. The second kappa shape index (κ2) is 7.95. The van der Waals surface area contributed by atoms with Crippen molar-refractivity contribution in [1.82, 2.24) is 10.2 Å². The molecule has 1 fully saturated rings. The molecule has 1 atom stereocenters. The van der Waals surface area contributed by atoms with Gasteiger partial charge in [0.15, 0.2) is 0 Å². The van der Waals surface area contributed by atoms with E-state index in [1.165, 1.54) is 12.8 Å². The van der Waals surface area contributed by atoms with Crippen molar-refractivity contribution in [1.29, 1.82) is 0 Å². The number of urea groups is 1. The lowest BCUT2D eigenvalue weighted by molar-refractivity contribution is -0.143. The maximum Gasteiger partial charge on any atom is 0.317 e. The molecule has 5 nitrogen and oxygen atoms in total. The second-order valence-corrected chi connectivity index (χ2v) is 4.92. The van der Waals surface area contributed by atoms with Crippen LogP contribution in [0.2, 0.25) is 0 Å². The third-order valence-corrected chi connectivity index (χ3v) is 3.36. The average Bonchev–Trinajstić information content (AvgIpc) is 2.38. The normalized spacial score (nSPS) is 19.6. The van der Waals surface area contributed by atoms with E-state index in [-0.39, 0.29) is 6.03 Å². The van der Waals surface area contributed by atoms with E-state index in [0.717, 1.165) is 19.3 Å². The summed E-state index contributed by atoms with van der Waals surface area (Å²) in [6, 6.07) is -0.113. The topological polar surface area (TPSA) is 69.6 Å². The molecule has 5 heteroatoms. The van der Waals surface area contributed by atoms with Gasteiger partial charge in [-0.15, -0.1) is 0 Å². The number of carbonyl (C=O) groups is 2. The van der Waals surface area contributed by atoms with E-state index >= 15 is 0 Å². The molecule has 18 heavy (non-hydrogen) atoms. The standard InChI is InChI=1S/C13H24N2O3/c1-2-3-4-5-8-14-13(18)15-9-6-7-11(10-15)12(16)17/h11H,2-10H2,1H3,(H,14,18)(H,16,17)/t11-/m0/s1. The van der Waals surface area contributed by atoms with E-state index in [2.05, 4.69) is 12.2 Å². The number of aliphatic carboxylic acids is 1. The van der Waals surface area contributed by atoms with Crippen molar-refractivity contribution >= 4 is 12.0 Å². The van der Waals surface area contributed by atoms with Crippen molar-refractivity contribution in [2.75, 3.05) is 19.6 Å². The number of hydrogen-bond donors (Lipinski definition) is 2. The van der Waals surface area contributed by atoms with Gasteiger partial charge in [-0.05, 0) is 19.3 Å². The van der Waals surface area contributed by atoms with Crippen molar-refractivity contribution in [2.24, 2.45) is 5.92 Å². The number of unbranched alkanes of at least 4 members (excludes halogenated alkanes) is 3. The van der Waals surface area contributed by atoms with Gasteiger partial charge in [-0.25, -0.2) is 4.79 Å². The Hall–Kier alpha value is -1.26. The molecule has 0 unspecified atom stereocenters. The lowest BCUT2D eigenvalue weighted by Gasteiger charge is -2.30. The lowest BCUT2D eigenvalue weighted by atomic mass is 9.99. The Morgan fingerprint density at radius 2 is 2.11 bits per heavy atom. The summed E-state index contributed by atoms with van der Waals surface area (Å²) in [5.74, 6) is -1.19. The van der Waals surface area contributed by atoms with Crippen LogP contribution in [0.25, 0.3) is 0 Å². The summed E-state index contributed by atoms with van der Waals surface area (Å²) >= 11 is 0. The molecule has 0 bridgehead atoms. The van der Waals surface area contributed by atoms with Gasteiger partial charge in [0.05, 0.1) is 5.92 Å². The van der Waals surface area contributed by atoms with Gasteiger partial charge in [-0.2, -0.15) is 0 Å². The van der Waals surface area contributed by atoms with E-state index in [0.29, 0.717) is 26.1 Å². The highest BCUT2D eigenvalue weighted by Crippen LogP contribution is 2.16. The van der Waals surface area contributed by atoms with Crippen molar-refractivity contribution in [3.63, 3.8) is 0 Å². The summed E-state index contributed by atoms with van der Waals surface area (Å²) in [7, 11) is 0. The van der Waals surface area contributed by atoms with Crippen molar-refractivity contribution in [3.05, 3.63) is 0 Å². The predicted molar refractivity (Wildman–Crippen MR) is 69.5 cm³/mol. The molecule has 1 heterocycles. The highest BCUT2D eigenvalue weighted by molar-refractivity contribution is 5.76. The average molecular weight is 256 g/mol. The first kappa shape index (κ1) is 14.8. The molecule has 2 amide bonds. The number of rotatable bonds is 6. The van der Waals surface area contributed by atoms with Crippen molar-refractivity contribution in [3.8, 4) is 0 Å². The predicted octanol–water partition coefficient (Wildman–Crippen LogP) is 2.07. The van der Waals surface area contributed by atoms with Crippen molar-refractivity contribution in [2.45, 2.75) is 45.4 Å². The van der Waals surface area contributed by atoms with E-state index in [1.807, 2.05) is 0 Å². The molecule has 0 aliphatic carbocycles. The summed E-state index contributed by atoms with van der Waals surface area (Å²) in [6.07, 6.45) is 5.96. The fraction of sp³-hybridized carbons (Fsp3) is 0.846. The highest BCUT2D eigenvalue weighted by Gasteiger charge is 2.27. The minimum atomic E-state index is -0.796. The van der Waals surface area contributed by atoms with Crippen LogP contribution >= 0.6 is 0 Å². The maximum atomic E-state index is 11.8. The Balaban J connectivity index is 2.22. The number of amides is 2. The molecule has 0 saturated carbocycles. The van der Waals surface area contributed by atoms with Crippen LogP contribution in [0.4, 0.5) is 4.79 Å². The Kier molecular flexibility index (Phi) is 6.54. The van der Waals surface area contributed by atoms with E-state index in [1.54, 1.807) is 4.90 Å². The fourth-order valence-corrected chi connectivity index (χ4v) is 2.22. The Morgan fingerprint density at radius 1 is 1.33 bits per heavy atom. The molecule has 1 aliphatic heterocycles. The zero-order valence-corrected chi connectivity index (χ0v) is 11.2. The quantitative estimate of drug-likeness (QED) is 0.715. The zero-order chi connectivity index (χ0) is 13.4. The SMILES string of the molecule is CCCCCCNC(=O)N1CCC[C@H](C(=O)O)C1. The molecular formula is C13H24N2O3. The molecule has 1 saturated heterocycles. The van der Waals surface area contributed by atoms with E-state index in [9.17, 15) is 9.59 Å². The first-order valence-electron chi connectivity index (χ1n) is 6.90. The molecule has 0 aromatic carbocycles. The van der Waals surface area contributed by atoms with Crippen LogP contribution in [0.5, 0.6) is 0 Å². The monoisotopic (exact) mass is 256 g/mol. The molecule has 0 spiro atoms. The summed E-state index contributed by atoms with van der Waals surface area (Å²) < 4.78 is 0. The molecule has 104 valence electrons. The number of nitrogens with zero attached hydrogens (tertiary/aromatic N) is 1. The third-order valence-electron chi connectivity index (χ3n) is 3.36. The summed E-state index contributed by atoms with van der Waals surface area (Å²) in [4.78, 5) is 24.3. The van der Waals surface area contributed by atoms with Crippen LogP contribution in [-0.2, 0) is 4.79 Å². The Morgan fingerprint density at radius 3 is 2.78 bits per heavy atom. The van der Waals surface area contributed by atoms with Crippen LogP contribution in [0.15, 0.2) is 0 Å². The van der Waals surface area contributed by atoms with Gasteiger partial charge in [0, 0.05) is 19.6 Å². The van der Waals surface area contributed by atoms with Gasteiger partial charge in [0.25, 0.3) is 0 Å². The van der Waals surface area contributed by atoms with E-state index in [4.69, 9.17) is 5.11 Å². The van der Waals surface area contributed by atoms with Crippen LogP contribution < -0.4 is 5.32 Å². The van der Waals surface area contributed by atoms with Crippen LogP contribution in [-0.4, -0.2) is 41.6 Å². The summed E-state index contributed by atoms with van der Waals surface area (Å²) in [5, 5.41) is 11.8. The zero-order valence-electron chi connectivity index (χ0n) is 11.2. The van der Waals surface area contributed by atoms with Gasteiger partial charge in [0.2, 0.25) is 0 Å². The first-order chi connectivity index (χ1) is 8.65. The number of piperidine rings is 1. The molecule has 1 aliphatic rings. The van der Waals surface area contributed by atoms with Crippen LogP contribution in [0, 0.1) is 5.92 Å². The minimum Gasteiger partial charge on any atom is -0.481 e. The number of carbonyl (C=O) groups excluding carboxylic acids is 1. The van der Waals surface area contributed by atoms with Gasteiger partial charge in [-0.3, -0.25) is 4.79 Å². The lowest BCUT2D eigenvalue weighted by Crippen LogP contribution is -2.47. The molecule has 0 radical (unpaired) electrons. The van der Waals surface area contributed by atoms with Crippen LogP contribution in [0.1, 0.15) is 45.4 Å². The fourth-order valence-electron chi connectivity index (χ4n) is 2.22. The largest absolute Gasteiger partial charge is 0.481 e. The number of carboxylic acid groups (broad SMARTS) is 1. The number of likely N-dealkylation sites (tertiary alicyclic amines) is 1. The van der Waals surface area contributed by atoms with Gasteiger partial charge in [-0.1, -0.05) is 26.2 Å². The Bertz CT molecular complexity index is 281. The highest BCUT2D eigenvalue weighted by atomic mass is 16.4. The third kappa shape index (κ3) is 4.94. The number of nitrogens with one attached hydrogen (secondary N) is 1. The summed E-state index contributed by atoms with van der Waals surface area (Å²) in [6.45, 7) is 3.85. The Labute approximate surface area is 109 Å².